The van der Waals surface area contributed by atoms with Crippen LogP contribution in [0.15, 0.2) is 29.2 Å². The van der Waals surface area contributed by atoms with E-state index in [1.54, 1.807) is 0 Å². The predicted molar refractivity (Wildman–Crippen MR) is 59.3 cm³/mol. The van der Waals surface area contributed by atoms with Crippen molar-refractivity contribution in [3.8, 4) is 0 Å². The third-order valence-corrected chi connectivity index (χ3v) is 4.01. The fraction of sp³-hybridized carbons (Fsp3) is 0.400. The van der Waals surface area contributed by atoms with Gasteiger partial charge in [-0.2, -0.15) is 39.5 Å². The molecule has 0 aliphatic heterocycles. The normalized spacial score (nSPS) is 14.9. The van der Waals surface area contributed by atoms with Crippen molar-refractivity contribution in [2.24, 2.45) is 0 Å². The molecule has 2 nitrogen and oxygen atoms in total. The van der Waals surface area contributed by atoms with E-state index in [-0.39, 0.29) is 24.3 Å². The lowest BCUT2D eigenvalue weighted by Gasteiger charge is -2.33. The number of alkyl halides is 9. The van der Waals surface area contributed by atoms with Crippen LogP contribution in [0.25, 0.3) is 0 Å². The molecule has 0 aliphatic carbocycles. The molecule has 23 heavy (non-hydrogen) atoms. The van der Waals surface area contributed by atoms with E-state index in [4.69, 9.17) is 10.7 Å². The van der Waals surface area contributed by atoms with Crippen molar-refractivity contribution in [1.82, 2.24) is 0 Å². The Balaban J connectivity index is 3.40. The Morgan fingerprint density at radius 3 is 1.43 bits per heavy atom. The zero-order valence-electron chi connectivity index (χ0n) is 10.3. The maximum absolute atomic E-state index is 13.5. The van der Waals surface area contributed by atoms with Crippen LogP contribution in [-0.4, -0.2) is 26.4 Å². The van der Waals surface area contributed by atoms with E-state index < -0.39 is 43.5 Å². The molecule has 0 saturated carbocycles. The van der Waals surface area contributed by atoms with Gasteiger partial charge in [-0.3, -0.25) is 0 Å². The summed E-state index contributed by atoms with van der Waals surface area (Å²) in [5, 5.41) is 0. The summed E-state index contributed by atoms with van der Waals surface area (Å²) in [5.41, 5.74) is -1.95. The molecule has 1 aromatic carbocycles. The molecular formula is C10H4ClF9O2S. The Morgan fingerprint density at radius 1 is 0.739 bits per heavy atom. The number of rotatable bonds is 4. The number of hydrogen-bond acceptors (Lipinski definition) is 2. The zero-order valence-corrected chi connectivity index (χ0v) is 11.9. The molecule has 0 radical (unpaired) electrons. The maximum Gasteiger partial charge on any atom is 0.460 e. The highest BCUT2D eigenvalue weighted by Crippen LogP contribution is 2.56. The Morgan fingerprint density at radius 2 is 1.13 bits per heavy atom. The van der Waals surface area contributed by atoms with E-state index in [1.165, 1.54) is 0 Å². The lowest BCUT2D eigenvalue weighted by molar-refractivity contribution is -0.399. The van der Waals surface area contributed by atoms with Gasteiger partial charge in [-0.05, 0) is 12.1 Å². The van der Waals surface area contributed by atoms with Crippen LogP contribution >= 0.6 is 10.7 Å². The molecule has 0 bridgehead atoms. The summed E-state index contributed by atoms with van der Waals surface area (Å²) < 4.78 is 136. The van der Waals surface area contributed by atoms with Gasteiger partial charge >= 0.3 is 23.9 Å². The molecule has 0 atom stereocenters. The van der Waals surface area contributed by atoms with E-state index in [0.717, 1.165) is 0 Å². The van der Waals surface area contributed by atoms with E-state index in [0.29, 0.717) is 0 Å². The van der Waals surface area contributed by atoms with Gasteiger partial charge in [-0.1, -0.05) is 12.1 Å². The molecule has 0 heterocycles. The van der Waals surface area contributed by atoms with Crippen molar-refractivity contribution in [3.05, 3.63) is 29.8 Å². The maximum atomic E-state index is 13.5. The van der Waals surface area contributed by atoms with Crippen LogP contribution in [0.3, 0.4) is 0 Å². The third kappa shape index (κ3) is 3.23. The zero-order chi connectivity index (χ0) is 18.5. The monoisotopic (exact) mass is 394 g/mol. The van der Waals surface area contributed by atoms with Crippen LogP contribution < -0.4 is 0 Å². The predicted octanol–water partition coefficient (Wildman–Crippen LogP) is 4.54. The Hall–Kier alpha value is -1.17. The van der Waals surface area contributed by atoms with Crippen molar-refractivity contribution < 1.29 is 47.9 Å². The van der Waals surface area contributed by atoms with Gasteiger partial charge in [0, 0.05) is 16.2 Å². The fourth-order valence-corrected chi connectivity index (χ4v) is 2.15. The van der Waals surface area contributed by atoms with Crippen LogP contribution in [0.1, 0.15) is 5.56 Å². The van der Waals surface area contributed by atoms with Gasteiger partial charge in [0.1, 0.15) is 0 Å². The molecule has 1 aromatic rings. The van der Waals surface area contributed by atoms with Crippen LogP contribution in [0.4, 0.5) is 39.5 Å². The van der Waals surface area contributed by atoms with Crippen molar-refractivity contribution in [2.45, 2.75) is 28.8 Å². The van der Waals surface area contributed by atoms with Crippen molar-refractivity contribution >= 4 is 19.7 Å². The minimum absolute atomic E-state index is 0.0460. The lowest BCUT2D eigenvalue weighted by Crippen LogP contribution is -2.59. The molecule has 0 fully saturated rings. The fourth-order valence-electron chi connectivity index (χ4n) is 1.38. The Labute approximate surface area is 127 Å². The van der Waals surface area contributed by atoms with Gasteiger partial charge in [0.15, 0.2) is 0 Å². The molecule has 132 valence electrons. The average Bonchev–Trinajstić information content (AvgIpc) is 2.36. The summed E-state index contributed by atoms with van der Waals surface area (Å²) in [6.07, 6.45) is -6.93. The summed E-state index contributed by atoms with van der Waals surface area (Å²) in [7, 11) is 0.375. The van der Waals surface area contributed by atoms with E-state index in [2.05, 4.69) is 0 Å². The van der Waals surface area contributed by atoms with Gasteiger partial charge < -0.3 is 0 Å². The summed E-state index contributed by atoms with van der Waals surface area (Å²) in [6.45, 7) is 0. The molecular weight excluding hydrogens is 391 g/mol. The molecule has 13 heteroatoms. The summed E-state index contributed by atoms with van der Waals surface area (Å²) in [6, 6.07) is 0.423. The highest BCUT2D eigenvalue weighted by atomic mass is 35.7. The largest absolute Gasteiger partial charge is 0.460 e. The lowest BCUT2D eigenvalue weighted by atomic mass is 9.97. The molecule has 0 aromatic heterocycles. The topological polar surface area (TPSA) is 34.1 Å². The van der Waals surface area contributed by atoms with Crippen LogP contribution in [0.2, 0.25) is 0 Å². The second-order valence-electron chi connectivity index (χ2n) is 4.18. The third-order valence-electron chi connectivity index (χ3n) is 2.64. The van der Waals surface area contributed by atoms with Gasteiger partial charge in [-0.15, -0.1) is 0 Å². The summed E-state index contributed by atoms with van der Waals surface area (Å²) in [5.74, 6) is -19.8. The van der Waals surface area contributed by atoms with Crippen molar-refractivity contribution in [1.29, 1.82) is 0 Å². The van der Waals surface area contributed by atoms with E-state index >= 15 is 0 Å². The van der Waals surface area contributed by atoms with Crippen LogP contribution in [-0.2, 0) is 15.0 Å². The quantitative estimate of drug-likeness (QED) is 0.555. The minimum Gasteiger partial charge on any atom is -0.207 e. The number of hydrogen-bond donors (Lipinski definition) is 0. The second kappa shape index (κ2) is 5.43. The van der Waals surface area contributed by atoms with Gasteiger partial charge in [0.05, 0.1) is 4.90 Å². The highest BCUT2D eigenvalue weighted by molar-refractivity contribution is 8.13. The molecule has 0 N–H and O–H groups in total. The van der Waals surface area contributed by atoms with Crippen LogP contribution in [0, 0.1) is 0 Å². The Bertz CT molecular complexity index is 679. The first kappa shape index (κ1) is 19.9. The highest BCUT2D eigenvalue weighted by Gasteiger charge is 2.81. The number of halogens is 10. The first-order chi connectivity index (χ1) is 9.96. The minimum atomic E-state index is -7.03. The standard InChI is InChI=1S/C10H4ClF9O2S/c11-23(21,22)6-3-1-5(2-4-6)7(12,13)8(14,15)9(16,17)10(18,19)20/h1-4H. The number of benzene rings is 1. The SMILES string of the molecule is O=S(=O)(Cl)c1ccc(C(F)(F)C(F)(F)C(F)(F)C(F)(F)F)cc1. The molecule has 0 spiro atoms. The van der Waals surface area contributed by atoms with E-state index in [1.807, 2.05) is 0 Å². The molecule has 1 rings (SSSR count). The van der Waals surface area contributed by atoms with Crippen molar-refractivity contribution in [2.75, 3.05) is 0 Å². The average molecular weight is 395 g/mol. The molecule has 0 unspecified atom stereocenters. The molecule has 0 aliphatic rings. The summed E-state index contributed by atoms with van der Waals surface area (Å²) >= 11 is 0. The molecule has 0 saturated heterocycles. The second-order valence-corrected chi connectivity index (χ2v) is 6.75. The van der Waals surface area contributed by atoms with Crippen molar-refractivity contribution in [3.63, 3.8) is 0 Å². The van der Waals surface area contributed by atoms with E-state index in [9.17, 15) is 47.9 Å². The first-order valence-corrected chi connectivity index (χ1v) is 7.52. The summed E-state index contributed by atoms with van der Waals surface area (Å²) in [4.78, 5) is -0.843. The molecule has 0 amide bonds. The van der Waals surface area contributed by atoms with Crippen LogP contribution in [0.5, 0.6) is 0 Å². The first-order valence-electron chi connectivity index (χ1n) is 5.21. The Kier molecular flexibility index (Phi) is 4.69. The van der Waals surface area contributed by atoms with Gasteiger partial charge in [0.2, 0.25) is 0 Å². The smallest absolute Gasteiger partial charge is 0.207 e. The van der Waals surface area contributed by atoms with Gasteiger partial charge in [-0.25, -0.2) is 8.42 Å². The van der Waals surface area contributed by atoms with Gasteiger partial charge in [0.25, 0.3) is 9.05 Å².